The van der Waals surface area contributed by atoms with Gasteiger partial charge in [0.15, 0.2) is 5.96 Å². The Morgan fingerprint density at radius 3 is 2.63 bits per heavy atom. The van der Waals surface area contributed by atoms with Crippen LogP contribution in [0.4, 0.5) is 0 Å². The third-order valence-corrected chi connectivity index (χ3v) is 5.83. The average molecular weight is 531 g/mol. The van der Waals surface area contributed by atoms with Gasteiger partial charge in [-0.05, 0) is 57.8 Å². The molecule has 0 bridgehead atoms. The van der Waals surface area contributed by atoms with Gasteiger partial charge in [0.1, 0.15) is 5.76 Å². The van der Waals surface area contributed by atoms with Crippen LogP contribution in [0, 0.1) is 0 Å². The second-order valence-corrected chi connectivity index (χ2v) is 8.07. The fraction of sp³-hybridized carbons (Fsp3) is 0.727. The van der Waals surface area contributed by atoms with Crippen LogP contribution in [-0.2, 0) is 4.79 Å². The first-order chi connectivity index (χ1) is 14.3. The molecule has 2 aliphatic rings. The average Bonchev–Trinajstić information content (AvgIpc) is 3.44. The number of nitrogens with one attached hydrogen (secondary N) is 3. The van der Waals surface area contributed by atoms with Crippen molar-refractivity contribution in [3.05, 3.63) is 24.2 Å². The first kappa shape index (κ1) is 25.0. The molecule has 1 aromatic heterocycles. The van der Waals surface area contributed by atoms with E-state index < -0.39 is 0 Å². The van der Waals surface area contributed by atoms with E-state index in [0.717, 1.165) is 44.2 Å². The smallest absolute Gasteiger partial charge is 0.221 e. The molecular weight excluding hydrogens is 493 g/mol. The summed E-state index contributed by atoms with van der Waals surface area (Å²) in [6.45, 7) is 6.24. The molecule has 170 valence electrons. The van der Waals surface area contributed by atoms with Gasteiger partial charge in [0, 0.05) is 25.6 Å². The molecule has 3 N–H and O–H groups in total. The number of likely N-dealkylation sites (tertiary alicyclic amines) is 1. The Morgan fingerprint density at radius 2 is 1.97 bits per heavy atom. The fourth-order valence-corrected chi connectivity index (χ4v) is 4.28. The number of carbonyl (C=O) groups is 1. The topological polar surface area (TPSA) is 81.9 Å². The lowest BCUT2D eigenvalue weighted by molar-refractivity contribution is -0.121. The zero-order chi connectivity index (χ0) is 20.3. The first-order valence-electron chi connectivity index (χ1n) is 11.3. The van der Waals surface area contributed by atoms with Gasteiger partial charge in [0.25, 0.3) is 0 Å². The molecule has 2 fully saturated rings. The van der Waals surface area contributed by atoms with E-state index in [2.05, 4.69) is 27.8 Å². The van der Waals surface area contributed by atoms with E-state index in [1.807, 2.05) is 12.1 Å². The van der Waals surface area contributed by atoms with Gasteiger partial charge in [0.05, 0.1) is 18.8 Å². The standard InChI is InChI=1S/C22H37N5O2.HI/c1-2-23-22(24-13-12-21(28)26-18-9-4-3-5-10-18)25-17-19(20-11-8-16-29-20)27-14-6-7-15-27;/h8,11,16,18-19H,2-7,9-10,12-15,17H2,1H3,(H,26,28)(H2,23,24,25);1H. The van der Waals surface area contributed by atoms with Gasteiger partial charge < -0.3 is 20.4 Å². The summed E-state index contributed by atoms with van der Waals surface area (Å²) in [7, 11) is 0. The molecule has 1 atom stereocenters. The van der Waals surface area contributed by atoms with Gasteiger partial charge in [0.2, 0.25) is 5.91 Å². The van der Waals surface area contributed by atoms with Crippen LogP contribution < -0.4 is 16.0 Å². The third-order valence-electron chi connectivity index (χ3n) is 5.83. The molecule has 1 amide bonds. The van der Waals surface area contributed by atoms with Gasteiger partial charge in [-0.2, -0.15) is 0 Å². The molecule has 7 nitrogen and oxygen atoms in total. The number of nitrogens with zero attached hydrogens (tertiary/aromatic N) is 2. The molecule has 1 saturated heterocycles. The van der Waals surface area contributed by atoms with Crippen molar-refractivity contribution in [2.24, 2.45) is 4.99 Å². The molecule has 0 spiro atoms. The fourth-order valence-electron chi connectivity index (χ4n) is 4.28. The van der Waals surface area contributed by atoms with Crippen molar-refractivity contribution in [1.82, 2.24) is 20.9 Å². The number of guanidine groups is 1. The third kappa shape index (κ3) is 8.09. The van der Waals surface area contributed by atoms with Gasteiger partial charge in [-0.1, -0.05) is 19.3 Å². The van der Waals surface area contributed by atoms with Crippen LogP contribution in [0.5, 0.6) is 0 Å². The summed E-state index contributed by atoms with van der Waals surface area (Å²) in [4.78, 5) is 19.5. The molecule has 0 aromatic carbocycles. The lowest BCUT2D eigenvalue weighted by Gasteiger charge is -2.24. The highest BCUT2D eigenvalue weighted by Crippen LogP contribution is 2.25. The second kappa shape index (κ2) is 13.9. The normalized spacial score (nSPS) is 19.2. The summed E-state index contributed by atoms with van der Waals surface area (Å²) >= 11 is 0. The maximum absolute atomic E-state index is 12.2. The van der Waals surface area contributed by atoms with Gasteiger partial charge in [-0.25, -0.2) is 0 Å². The lowest BCUT2D eigenvalue weighted by Crippen LogP contribution is -2.41. The molecule has 1 unspecified atom stereocenters. The van der Waals surface area contributed by atoms with E-state index >= 15 is 0 Å². The predicted molar refractivity (Wildman–Crippen MR) is 131 cm³/mol. The van der Waals surface area contributed by atoms with Crippen molar-refractivity contribution in [2.45, 2.75) is 70.4 Å². The molecule has 1 aromatic rings. The number of aliphatic imine (C=N–C) groups is 1. The minimum atomic E-state index is 0. The van der Waals surface area contributed by atoms with E-state index in [1.54, 1.807) is 6.26 Å². The van der Waals surface area contributed by atoms with Crippen LogP contribution in [0.25, 0.3) is 0 Å². The van der Waals surface area contributed by atoms with E-state index in [4.69, 9.17) is 9.41 Å². The molecule has 8 heteroatoms. The largest absolute Gasteiger partial charge is 0.468 e. The van der Waals surface area contributed by atoms with Gasteiger partial charge in [-0.15, -0.1) is 24.0 Å². The van der Waals surface area contributed by atoms with E-state index in [9.17, 15) is 4.79 Å². The van der Waals surface area contributed by atoms with Crippen molar-refractivity contribution in [1.29, 1.82) is 0 Å². The Hall–Kier alpha value is -1.29. The second-order valence-electron chi connectivity index (χ2n) is 8.07. The van der Waals surface area contributed by atoms with Gasteiger partial charge in [-0.3, -0.25) is 14.7 Å². The van der Waals surface area contributed by atoms with Crippen LogP contribution in [0.15, 0.2) is 27.8 Å². The van der Waals surface area contributed by atoms with Crippen molar-refractivity contribution in [2.75, 3.05) is 32.7 Å². The van der Waals surface area contributed by atoms with Crippen LogP contribution in [0.3, 0.4) is 0 Å². The molecule has 1 saturated carbocycles. The SMILES string of the molecule is CCNC(=NCC(c1ccco1)N1CCCC1)NCCC(=O)NC1CCCCC1.I. The molecule has 0 radical (unpaired) electrons. The van der Waals surface area contributed by atoms with Crippen LogP contribution in [-0.4, -0.2) is 55.5 Å². The Labute approximate surface area is 197 Å². The highest BCUT2D eigenvalue weighted by atomic mass is 127. The summed E-state index contributed by atoms with van der Waals surface area (Å²) in [5, 5.41) is 9.77. The Bertz CT molecular complexity index is 625. The van der Waals surface area contributed by atoms with Crippen LogP contribution in [0.1, 0.15) is 70.1 Å². The highest BCUT2D eigenvalue weighted by Gasteiger charge is 2.25. The quantitative estimate of drug-likeness (QED) is 0.259. The summed E-state index contributed by atoms with van der Waals surface area (Å²) in [5.41, 5.74) is 0. The van der Waals surface area contributed by atoms with E-state index in [1.165, 1.54) is 32.1 Å². The maximum atomic E-state index is 12.2. The Morgan fingerprint density at radius 1 is 1.20 bits per heavy atom. The summed E-state index contributed by atoms with van der Waals surface area (Å²) in [5.74, 6) is 1.86. The summed E-state index contributed by atoms with van der Waals surface area (Å²) < 4.78 is 5.68. The monoisotopic (exact) mass is 531 g/mol. The lowest BCUT2D eigenvalue weighted by atomic mass is 9.95. The van der Waals surface area contributed by atoms with Crippen LogP contribution >= 0.6 is 24.0 Å². The summed E-state index contributed by atoms with van der Waals surface area (Å²) in [6, 6.07) is 4.51. The van der Waals surface area contributed by atoms with Crippen LogP contribution in [0.2, 0.25) is 0 Å². The molecule has 3 rings (SSSR count). The van der Waals surface area contributed by atoms with Crippen molar-refractivity contribution < 1.29 is 9.21 Å². The molecule has 1 aliphatic heterocycles. The Kier molecular flexibility index (Phi) is 11.6. The van der Waals surface area contributed by atoms with Crippen molar-refractivity contribution >= 4 is 35.8 Å². The van der Waals surface area contributed by atoms with Crippen molar-refractivity contribution in [3.8, 4) is 0 Å². The number of halogens is 1. The van der Waals surface area contributed by atoms with E-state index in [-0.39, 0.29) is 35.9 Å². The summed E-state index contributed by atoms with van der Waals surface area (Å²) in [6.07, 6.45) is 10.7. The minimum absolute atomic E-state index is 0. The molecule has 2 heterocycles. The predicted octanol–water partition coefficient (Wildman–Crippen LogP) is 3.43. The van der Waals surface area contributed by atoms with Crippen molar-refractivity contribution in [3.63, 3.8) is 0 Å². The zero-order valence-electron chi connectivity index (χ0n) is 18.2. The van der Waals surface area contributed by atoms with Gasteiger partial charge >= 0.3 is 0 Å². The number of furan rings is 1. The highest BCUT2D eigenvalue weighted by molar-refractivity contribution is 14.0. The number of carbonyl (C=O) groups excluding carboxylic acids is 1. The zero-order valence-corrected chi connectivity index (χ0v) is 20.5. The number of amides is 1. The minimum Gasteiger partial charge on any atom is -0.468 e. The number of rotatable bonds is 9. The number of hydrogen-bond donors (Lipinski definition) is 3. The van der Waals surface area contributed by atoms with E-state index in [0.29, 0.717) is 25.6 Å². The molecule has 1 aliphatic carbocycles. The number of hydrogen-bond acceptors (Lipinski definition) is 4. The first-order valence-corrected chi connectivity index (χ1v) is 11.3. The molecule has 30 heavy (non-hydrogen) atoms. The Balaban J connectivity index is 0.00000320. The molecular formula is C22H38IN5O2. The maximum Gasteiger partial charge on any atom is 0.221 e.